The van der Waals surface area contributed by atoms with Crippen molar-refractivity contribution in [2.45, 2.75) is 31.2 Å². The van der Waals surface area contributed by atoms with Crippen molar-refractivity contribution in [2.24, 2.45) is 5.92 Å². The van der Waals surface area contributed by atoms with Gasteiger partial charge in [0, 0.05) is 22.3 Å². The minimum absolute atomic E-state index is 0.367. The first-order chi connectivity index (χ1) is 13.9. The van der Waals surface area contributed by atoms with Crippen molar-refractivity contribution < 1.29 is 9.90 Å². The van der Waals surface area contributed by atoms with Gasteiger partial charge in [-0.1, -0.05) is 18.2 Å². The molecular formula is C21H20ClN5O2. The molecule has 2 unspecified atom stereocenters. The second kappa shape index (κ2) is 6.22. The molecule has 3 N–H and O–H groups in total. The van der Waals surface area contributed by atoms with Crippen molar-refractivity contribution in [1.29, 1.82) is 0 Å². The van der Waals surface area contributed by atoms with Gasteiger partial charge in [0.2, 0.25) is 0 Å². The number of nitrogens with zero attached hydrogens (tertiary/aromatic N) is 4. The molecular weight excluding hydrogens is 390 g/mol. The van der Waals surface area contributed by atoms with Gasteiger partial charge in [0.1, 0.15) is 5.82 Å². The summed E-state index contributed by atoms with van der Waals surface area (Å²) in [7, 11) is 0. The van der Waals surface area contributed by atoms with Gasteiger partial charge >= 0.3 is 5.97 Å². The molecule has 1 aromatic carbocycles. The monoisotopic (exact) mass is 409 g/mol. The molecule has 3 aromatic rings. The molecule has 1 spiro atoms. The van der Waals surface area contributed by atoms with Gasteiger partial charge in [0.05, 0.1) is 35.4 Å². The van der Waals surface area contributed by atoms with Crippen molar-refractivity contribution in [3.05, 3.63) is 65.3 Å². The number of nitrogens with two attached hydrogens (primary N) is 1. The van der Waals surface area contributed by atoms with Crippen molar-refractivity contribution in [3.63, 3.8) is 0 Å². The van der Waals surface area contributed by atoms with E-state index in [1.165, 1.54) is 0 Å². The average Bonchev–Trinajstić information content (AvgIpc) is 3.34. The second-order valence-corrected chi connectivity index (χ2v) is 8.25. The number of fused-ring (bicyclic) bond motifs is 3. The fraction of sp³-hybridized carbons (Fsp3) is 0.286. The number of rotatable bonds is 3. The highest BCUT2D eigenvalue weighted by atomic mass is 35.5. The number of halogens is 1. The summed E-state index contributed by atoms with van der Waals surface area (Å²) in [6.45, 7) is 4.80. The van der Waals surface area contributed by atoms with Crippen LogP contribution in [0, 0.1) is 5.92 Å². The average molecular weight is 410 g/mol. The van der Waals surface area contributed by atoms with E-state index in [9.17, 15) is 9.90 Å². The van der Waals surface area contributed by atoms with E-state index in [1.807, 2.05) is 18.3 Å². The predicted molar refractivity (Wildman–Crippen MR) is 111 cm³/mol. The first-order valence-electron chi connectivity index (χ1n) is 9.47. The summed E-state index contributed by atoms with van der Waals surface area (Å²) >= 11 is 6.09. The van der Waals surface area contributed by atoms with Crippen molar-refractivity contribution >= 4 is 34.3 Å². The minimum atomic E-state index is -0.746. The lowest BCUT2D eigenvalue weighted by molar-refractivity contribution is -0.141. The second-order valence-electron chi connectivity index (χ2n) is 7.82. The molecule has 8 heteroatoms. The SMILES string of the molecule is C=C1N(Cc2nc3cc(Cl)ccc3n2N)c2cnccc2C12CCC(C(=O)O)C2. The smallest absolute Gasteiger partial charge is 0.306 e. The summed E-state index contributed by atoms with van der Waals surface area (Å²) in [6.07, 6.45) is 5.50. The molecule has 3 heterocycles. The molecule has 0 saturated heterocycles. The molecule has 7 nitrogen and oxygen atoms in total. The Bertz CT molecular complexity index is 1170. The van der Waals surface area contributed by atoms with E-state index >= 15 is 0 Å². The maximum atomic E-state index is 11.6. The van der Waals surface area contributed by atoms with E-state index in [0.29, 0.717) is 30.2 Å². The summed E-state index contributed by atoms with van der Waals surface area (Å²) < 4.78 is 1.56. The van der Waals surface area contributed by atoms with Gasteiger partial charge in [-0.15, -0.1) is 0 Å². The number of allylic oxidation sites excluding steroid dienone is 1. The summed E-state index contributed by atoms with van der Waals surface area (Å²) in [6, 6.07) is 7.40. The maximum Gasteiger partial charge on any atom is 0.306 e. The van der Waals surface area contributed by atoms with Crippen LogP contribution in [0.3, 0.4) is 0 Å². The van der Waals surface area contributed by atoms with Crippen LogP contribution in [0.25, 0.3) is 11.0 Å². The van der Waals surface area contributed by atoms with Gasteiger partial charge in [-0.25, -0.2) is 9.66 Å². The maximum absolute atomic E-state index is 11.6. The van der Waals surface area contributed by atoms with Gasteiger partial charge in [-0.05, 0) is 49.1 Å². The number of hydrogen-bond donors (Lipinski definition) is 2. The van der Waals surface area contributed by atoms with Gasteiger partial charge in [-0.2, -0.15) is 0 Å². The fourth-order valence-corrected chi connectivity index (χ4v) is 5.05. The van der Waals surface area contributed by atoms with Crippen LogP contribution in [0.15, 0.2) is 48.9 Å². The normalized spacial score (nSPS) is 23.3. The molecule has 1 aliphatic carbocycles. The lowest BCUT2D eigenvalue weighted by atomic mass is 9.78. The standard InChI is InChI=1S/C21H20ClN5O2/c1-12-21(6-4-13(9-21)20(28)29)15-5-7-24-10-18(15)26(12)11-19-25-16-8-14(22)2-3-17(16)27(19)23/h2-3,5,7-8,10,13H,1,4,6,9,11,23H2,(H,28,29). The van der Waals surface area contributed by atoms with Gasteiger partial charge in [-0.3, -0.25) is 9.78 Å². The number of anilines is 1. The molecule has 1 saturated carbocycles. The zero-order valence-electron chi connectivity index (χ0n) is 15.7. The molecule has 5 rings (SSSR count). The molecule has 148 valence electrons. The van der Waals surface area contributed by atoms with Crippen molar-refractivity contribution in [1.82, 2.24) is 14.6 Å². The van der Waals surface area contributed by atoms with Crippen LogP contribution in [-0.4, -0.2) is 25.7 Å². The van der Waals surface area contributed by atoms with Gasteiger partial charge in [0.15, 0.2) is 0 Å². The molecule has 29 heavy (non-hydrogen) atoms. The number of benzene rings is 1. The number of aromatic nitrogens is 3. The molecule has 2 aromatic heterocycles. The third kappa shape index (κ3) is 2.54. The molecule has 2 atom stereocenters. The number of imidazole rings is 1. The number of nitrogen functional groups attached to an aromatic ring is 1. The number of carboxylic acid groups (broad SMARTS) is 1. The van der Waals surface area contributed by atoms with E-state index in [-0.39, 0.29) is 11.3 Å². The topological polar surface area (TPSA) is 97.3 Å². The summed E-state index contributed by atoms with van der Waals surface area (Å²) in [5, 5.41) is 10.1. The van der Waals surface area contributed by atoms with Crippen LogP contribution < -0.4 is 10.7 Å². The lowest BCUT2D eigenvalue weighted by Crippen LogP contribution is -2.30. The quantitative estimate of drug-likeness (QED) is 0.643. The Kier molecular flexibility index (Phi) is 3.86. The fourth-order valence-electron chi connectivity index (χ4n) is 4.88. The number of pyridine rings is 1. The Morgan fingerprint density at radius 3 is 3.00 bits per heavy atom. The zero-order valence-corrected chi connectivity index (χ0v) is 16.4. The molecule has 1 aliphatic heterocycles. The summed E-state index contributed by atoms with van der Waals surface area (Å²) in [4.78, 5) is 22.6. The van der Waals surface area contributed by atoms with E-state index in [2.05, 4.69) is 21.4 Å². The number of carboxylic acids is 1. The Labute approximate surface area is 172 Å². The highest BCUT2D eigenvalue weighted by Gasteiger charge is 2.52. The van der Waals surface area contributed by atoms with Crippen LogP contribution in [0.1, 0.15) is 30.7 Å². The molecule has 2 aliphatic rings. The number of carbonyl (C=O) groups is 1. The van der Waals surface area contributed by atoms with Crippen molar-refractivity contribution in [2.75, 3.05) is 10.7 Å². The van der Waals surface area contributed by atoms with E-state index < -0.39 is 5.97 Å². The van der Waals surface area contributed by atoms with Crippen LogP contribution in [0.5, 0.6) is 0 Å². The minimum Gasteiger partial charge on any atom is -0.481 e. The predicted octanol–water partition coefficient (Wildman–Crippen LogP) is 3.45. The largest absolute Gasteiger partial charge is 0.481 e. The third-order valence-electron chi connectivity index (χ3n) is 6.37. The first kappa shape index (κ1) is 18.0. The zero-order chi connectivity index (χ0) is 20.3. The molecule has 0 radical (unpaired) electrons. The highest BCUT2D eigenvalue weighted by Crippen LogP contribution is 2.57. The number of hydrogen-bond acceptors (Lipinski definition) is 5. The number of aliphatic carboxylic acids is 1. The van der Waals surface area contributed by atoms with Crippen LogP contribution in [0.4, 0.5) is 5.69 Å². The summed E-state index contributed by atoms with van der Waals surface area (Å²) in [5.74, 6) is 5.86. The Morgan fingerprint density at radius 2 is 2.24 bits per heavy atom. The molecule has 0 amide bonds. The van der Waals surface area contributed by atoms with Crippen LogP contribution >= 0.6 is 11.6 Å². The summed E-state index contributed by atoms with van der Waals surface area (Å²) in [5.41, 5.74) is 4.05. The van der Waals surface area contributed by atoms with E-state index in [1.54, 1.807) is 23.0 Å². The highest BCUT2D eigenvalue weighted by molar-refractivity contribution is 6.31. The lowest BCUT2D eigenvalue weighted by Gasteiger charge is -2.28. The van der Waals surface area contributed by atoms with E-state index in [4.69, 9.17) is 17.4 Å². The van der Waals surface area contributed by atoms with Crippen LogP contribution in [-0.2, 0) is 16.8 Å². The Balaban J connectivity index is 1.56. The Morgan fingerprint density at radius 1 is 1.41 bits per heavy atom. The third-order valence-corrected chi connectivity index (χ3v) is 6.61. The first-order valence-corrected chi connectivity index (χ1v) is 9.85. The van der Waals surface area contributed by atoms with E-state index in [0.717, 1.165) is 34.4 Å². The van der Waals surface area contributed by atoms with Crippen molar-refractivity contribution in [3.8, 4) is 0 Å². The van der Waals surface area contributed by atoms with Gasteiger partial charge in [0.25, 0.3) is 0 Å². The molecule has 1 fully saturated rings. The van der Waals surface area contributed by atoms with Gasteiger partial charge < -0.3 is 15.8 Å². The molecule has 0 bridgehead atoms. The van der Waals surface area contributed by atoms with Crippen LogP contribution in [0.2, 0.25) is 5.02 Å². The Hall–Kier alpha value is -3.06.